The van der Waals surface area contributed by atoms with Crippen LogP contribution in [0.2, 0.25) is 0 Å². The van der Waals surface area contributed by atoms with Gasteiger partial charge in [0.2, 0.25) is 17.7 Å². The summed E-state index contributed by atoms with van der Waals surface area (Å²) in [7, 11) is 0. The number of aliphatic imine (C=N–C) groups is 2. The van der Waals surface area contributed by atoms with Gasteiger partial charge in [-0.2, -0.15) is 12.6 Å². The van der Waals surface area contributed by atoms with Crippen molar-refractivity contribution in [3.63, 3.8) is 0 Å². The Kier molecular flexibility index (Phi) is 15.5. The zero-order valence-corrected chi connectivity index (χ0v) is 23.1. The predicted octanol–water partition coefficient (Wildman–Crippen LogP) is -2.87. The van der Waals surface area contributed by atoms with Crippen molar-refractivity contribution in [2.24, 2.45) is 38.7 Å². The van der Waals surface area contributed by atoms with E-state index in [0.717, 1.165) is 0 Å². The molecule has 1 rings (SSSR count). The molecule has 0 heterocycles. The smallest absolute Gasteiger partial charge is 0.326 e. The maximum absolute atomic E-state index is 13.1. The van der Waals surface area contributed by atoms with Gasteiger partial charge < -0.3 is 49.7 Å². The minimum atomic E-state index is -1.24. The SMILES string of the molecule is NC(N)=NCCCC(N)C(=O)NC(CCCN=C(N)N)C(=O)NC(CS)C(=O)NC(Cc1ccccc1)C(=O)O. The number of nitrogens with two attached hydrogens (primary N) is 5. The normalized spacial score (nSPS) is 13.6. The van der Waals surface area contributed by atoms with Crippen molar-refractivity contribution in [1.29, 1.82) is 0 Å². The topological polar surface area (TPSA) is 279 Å². The molecular weight excluding hydrogens is 540 g/mol. The van der Waals surface area contributed by atoms with E-state index >= 15 is 0 Å². The average molecular weight is 581 g/mol. The average Bonchev–Trinajstić information content (AvgIpc) is 2.90. The van der Waals surface area contributed by atoms with Gasteiger partial charge in [0.25, 0.3) is 0 Å². The summed E-state index contributed by atoms with van der Waals surface area (Å²) < 4.78 is 0. The Labute approximate surface area is 238 Å². The maximum atomic E-state index is 13.1. The van der Waals surface area contributed by atoms with E-state index in [-0.39, 0.29) is 50.0 Å². The standard InChI is InChI=1S/C24H40N10O5S/c25-15(8-4-10-30-23(26)27)19(35)32-16(9-5-11-31-24(28)29)20(36)34-18(13-40)21(37)33-17(22(38)39)12-14-6-2-1-3-7-14/h1-3,6-7,15-18,40H,4-5,8-13,25H2,(H,32,35)(H,33,37)(H,34,36)(H,38,39)(H4,26,27,30)(H4,28,29,31). The van der Waals surface area contributed by atoms with Gasteiger partial charge in [-0.15, -0.1) is 0 Å². The van der Waals surface area contributed by atoms with Gasteiger partial charge in [-0.1, -0.05) is 30.3 Å². The van der Waals surface area contributed by atoms with Crippen LogP contribution in [0.3, 0.4) is 0 Å². The van der Waals surface area contributed by atoms with Gasteiger partial charge in [0.05, 0.1) is 6.04 Å². The number of nitrogens with zero attached hydrogens (tertiary/aromatic N) is 2. The molecule has 0 aliphatic rings. The Hall–Kier alpha value is -4.05. The number of carbonyl (C=O) groups excluding carboxylic acids is 3. The number of guanidine groups is 2. The number of rotatable bonds is 18. The van der Waals surface area contributed by atoms with Crippen LogP contribution in [-0.2, 0) is 25.6 Å². The van der Waals surface area contributed by atoms with Gasteiger partial charge in [-0.3, -0.25) is 24.4 Å². The third kappa shape index (κ3) is 13.7. The molecule has 4 atom stereocenters. The van der Waals surface area contributed by atoms with Crippen LogP contribution < -0.4 is 44.6 Å². The highest BCUT2D eigenvalue weighted by Crippen LogP contribution is 2.06. The minimum Gasteiger partial charge on any atom is -0.480 e. The number of carboxylic acids is 1. The fraction of sp³-hybridized carbons (Fsp3) is 0.500. The summed E-state index contributed by atoms with van der Waals surface area (Å²) in [5.41, 5.74) is 27.9. The maximum Gasteiger partial charge on any atom is 0.326 e. The molecule has 0 spiro atoms. The van der Waals surface area contributed by atoms with Crippen LogP contribution in [0.15, 0.2) is 40.3 Å². The molecule has 0 fully saturated rings. The Balaban J connectivity index is 2.88. The summed E-state index contributed by atoms with van der Waals surface area (Å²) in [6.07, 6.45) is 1.18. The van der Waals surface area contributed by atoms with Crippen molar-refractivity contribution in [3.8, 4) is 0 Å². The summed E-state index contributed by atoms with van der Waals surface area (Å²) >= 11 is 4.14. The zero-order valence-electron chi connectivity index (χ0n) is 22.2. The molecule has 0 aliphatic heterocycles. The van der Waals surface area contributed by atoms with Gasteiger partial charge in [0, 0.05) is 25.3 Å². The molecule has 1 aromatic carbocycles. The number of amides is 3. The van der Waals surface area contributed by atoms with Crippen LogP contribution in [0.1, 0.15) is 31.2 Å². The quantitative estimate of drug-likeness (QED) is 0.0366. The third-order valence-corrected chi connectivity index (χ3v) is 5.96. The molecular formula is C24H40N10O5S. The van der Waals surface area contributed by atoms with Gasteiger partial charge in [-0.05, 0) is 31.2 Å². The fourth-order valence-corrected chi connectivity index (χ4v) is 3.75. The predicted molar refractivity (Wildman–Crippen MR) is 155 cm³/mol. The number of nitrogens with one attached hydrogen (secondary N) is 3. The first-order chi connectivity index (χ1) is 18.9. The Morgan fingerprint density at radius 1 is 0.775 bits per heavy atom. The van der Waals surface area contributed by atoms with Crippen molar-refractivity contribution in [2.75, 3.05) is 18.8 Å². The molecule has 222 valence electrons. The molecule has 0 aromatic heterocycles. The summed E-state index contributed by atoms with van der Waals surface area (Å²) in [4.78, 5) is 58.1. The fourth-order valence-electron chi connectivity index (χ4n) is 3.49. The lowest BCUT2D eigenvalue weighted by Gasteiger charge is -2.24. The number of carbonyl (C=O) groups is 4. The highest BCUT2D eigenvalue weighted by atomic mass is 32.1. The van der Waals surface area contributed by atoms with Crippen molar-refractivity contribution < 1.29 is 24.3 Å². The van der Waals surface area contributed by atoms with Crippen LogP contribution in [0.25, 0.3) is 0 Å². The number of carboxylic acid groups (broad SMARTS) is 1. The number of aliphatic carboxylic acids is 1. The first-order valence-corrected chi connectivity index (χ1v) is 13.2. The highest BCUT2D eigenvalue weighted by Gasteiger charge is 2.29. The lowest BCUT2D eigenvalue weighted by atomic mass is 10.1. The van der Waals surface area contributed by atoms with E-state index in [9.17, 15) is 24.3 Å². The van der Waals surface area contributed by atoms with Crippen LogP contribution >= 0.6 is 12.6 Å². The van der Waals surface area contributed by atoms with E-state index in [1.54, 1.807) is 30.3 Å². The molecule has 3 amide bonds. The van der Waals surface area contributed by atoms with E-state index in [1.807, 2.05) is 0 Å². The van der Waals surface area contributed by atoms with Crippen molar-refractivity contribution in [2.45, 2.75) is 56.3 Å². The number of hydrogen-bond acceptors (Lipinski definition) is 8. The molecule has 40 heavy (non-hydrogen) atoms. The molecule has 0 radical (unpaired) electrons. The second-order valence-corrected chi connectivity index (χ2v) is 9.26. The Morgan fingerprint density at radius 2 is 1.27 bits per heavy atom. The van der Waals surface area contributed by atoms with E-state index in [1.165, 1.54) is 0 Å². The first-order valence-electron chi connectivity index (χ1n) is 12.6. The van der Waals surface area contributed by atoms with E-state index < -0.39 is 47.9 Å². The second kappa shape index (κ2) is 18.3. The molecule has 0 bridgehead atoms. The summed E-state index contributed by atoms with van der Waals surface area (Å²) in [6, 6.07) is 4.33. The number of hydrogen-bond donors (Lipinski definition) is 10. The Morgan fingerprint density at radius 3 is 1.80 bits per heavy atom. The minimum absolute atomic E-state index is 0.0414. The first kappa shape index (κ1) is 34.0. The van der Waals surface area contributed by atoms with Crippen molar-refractivity contribution >= 4 is 48.2 Å². The van der Waals surface area contributed by atoms with Crippen molar-refractivity contribution in [1.82, 2.24) is 16.0 Å². The Bertz CT molecular complexity index is 1030. The van der Waals surface area contributed by atoms with E-state index in [0.29, 0.717) is 18.4 Å². The van der Waals surface area contributed by atoms with Gasteiger partial charge in [-0.25, -0.2) is 4.79 Å². The summed E-state index contributed by atoms with van der Waals surface area (Å²) in [5.74, 6) is -3.58. The monoisotopic (exact) mass is 580 g/mol. The lowest BCUT2D eigenvalue weighted by molar-refractivity contribution is -0.142. The van der Waals surface area contributed by atoms with Gasteiger partial charge in [0.15, 0.2) is 11.9 Å². The van der Waals surface area contributed by atoms with Gasteiger partial charge in [0.1, 0.15) is 18.1 Å². The van der Waals surface area contributed by atoms with Crippen LogP contribution in [0, 0.1) is 0 Å². The molecule has 0 saturated carbocycles. The number of benzene rings is 1. The molecule has 0 saturated heterocycles. The lowest BCUT2D eigenvalue weighted by Crippen LogP contribution is -2.57. The van der Waals surface area contributed by atoms with Crippen molar-refractivity contribution in [3.05, 3.63) is 35.9 Å². The molecule has 15 nitrogen and oxygen atoms in total. The van der Waals surface area contributed by atoms with Crippen LogP contribution in [-0.4, -0.2) is 83.7 Å². The van der Waals surface area contributed by atoms with Crippen LogP contribution in [0.5, 0.6) is 0 Å². The van der Waals surface area contributed by atoms with Gasteiger partial charge >= 0.3 is 5.97 Å². The van der Waals surface area contributed by atoms with Crippen LogP contribution in [0.4, 0.5) is 0 Å². The molecule has 1 aromatic rings. The highest BCUT2D eigenvalue weighted by molar-refractivity contribution is 7.80. The van der Waals surface area contributed by atoms with E-state index in [4.69, 9.17) is 28.7 Å². The molecule has 4 unspecified atom stereocenters. The summed E-state index contributed by atoms with van der Waals surface area (Å²) in [6.45, 7) is 0.481. The molecule has 16 heteroatoms. The van der Waals surface area contributed by atoms with E-state index in [2.05, 4.69) is 38.6 Å². The zero-order chi connectivity index (χ0) is 30.1. The largest absolute Gasteiger partial charge is 0.480 e. The number of thiol groups is 1. The summed E-state index contributed by atoms with van der Waals surface area (Å²) in [5, 5.41) is 17.2. The molecule has 0 aliphatic carbocycles. The second-order valence-electron chi connectivity index (χ2n) is 8.90. The third-order valence-electron chi connectivity index (χ3n) is 5.60. The molecule has 14 N–H and O–H groups in total.